The normalized spacial score (nSPS) is 10.4. The van der Waals surface area contributed by atoms with E-state index in [9.17, 15) is 4.79 Å². The minimum absolute atomic E-state index is 0.00955. The molecule has 0 aliphatic heterocycles. The van der Waals surface area contributed by atoms with Gasteiger partial charge in [0.1, 0.15) is 5.75 Å². The first-order valence-corrected chi connectivity index (χ1v) is 9.32. The minimum Gasteiger partial charge on any atom is -0.490 e. The molecule has 0 aliphatic rings. The average molecular weight is 397 g/mol. The van der Waals surface area contributed by atoms with Crippen LogP contribution in [0, 0.1) is 6.92 Å². The number of carbonyl (C=O) groups excluding carboxylic acids is 1. The maximum absolute atomic E-state index is 12.1. The Labute approximate surface area is 168 Å². The number of carbonyl (C=O) groups is 1. The molecule has 1 aromatic heterocycles. The Balaban J connectivity index is 1.64. The molecule has 0 radical (unpaired) electrons. The SMILES string of the molecule is CCOc1ccc(-c2nnc(NC(=O)COc3cccc(C)c3)o2)cc1OCC. The summed E-state index contributed by atoms with van der Waals surface area (Å²) in [5.41, 5.74) is 1.70. The van der Waals surface area contributed by atoms with E-state index < -0.39 is 5.91 Å². The quantitative estimate of drug-likeness (QED) is 0.586. The van der Waals surface area contributed by atoms with Crippen molar-refractivity contribution in [3.8, 4) is 28.7 Å². The summed E-state index contributed by atoms with van der Waals surface area (Å²) in [4.78, 5) is 12.1. The van der Waals surface area contributed by atoms with Gasteiger partial charge in [0, 0.05) is 5.56 Å². The molecular weight excluding hydrogens is 374 g/mol. The molecule has 1 N–H and O–H groups in total. The molecule has 0 saturated carbocycles. The summed E-state index contributed by atoms with van der Waals surface area (Å²) in [6, 6.07) is 12.8. The maximum Gasteiger partial charge on any atom is 0.322 e. The number of aryl methyl sites for hydroxylation is 1. The molecule has 29 heavy (non-hydrogen) atoms. The Kier molecular flexibility index (Phi) is 6.67. The molecule has 3 aromatic rings. The van der Waals surface area contributed by atoms with Crippen molar-refractivity contribution in [2.75, 3.05) is 25.1 Å². The van der Waals surface area contributed by atoms with Crippen LogP contribution >= 0.6 is 0 Å². The van der Waals surface area contributed by atoms with Gasteiger partial charge in [-0.1, -0.05) is 17.2 Å². The summed E-state index contributed by atoms with van der Waals surface area (Å²) in [6.45, 7) is 6.60. The fourth-order valence-corrected chi connectivity index (χ4v) is 2.58. The van der Waals surface area contributed by atoms with Crippen molar-refractivity contribution in [1.29, 1.82) is 0 Å². The van der Waals surface area contributed by atoms with Crippen molar-refractivity contribution in [3.63, 3.8) is 0 Å². The Morgan fingerprint density at radius 2 is 1.79 bits per heavy atom. The smallest absolute Gasteiger partial charge is 0.322 e. The molecule has 1 heterocycles. The number of rotatable bonds is 9. The third-order valence-electron chi connectivity index (χ3n) is 3.82. The largest absolute Gasteiger partial charge is 0.490 e. The highest BCUT2D eigenvalue weighted by molar-refractivity contribution is 5.89. The van der Waals surface area contributed by atoms with E-state index in [2.05, 4.69) is 15.5 Å². The number of hydrogen-bond donors (Lipinski definition) is 1. The predicted molar refractivity (Wildman–Crippen MR) is 107 cm³/mol. The van der Waals surface area contributed by atoms with Crippen LogP contribution in [0.25, 0.3) is 11.5 Å². The van der Waals surface area contributed by atoms with Crippen LogP contribution in [0.15, 0.2) is 46.9 Å². The molecular formula is C21H23N3O5. The van der Waals surface area contributed by atoms with Gasteiger partial charge in [0.05, 0.1) is 13.2 Å². The second-order valence-electron chi connectivity index (χ2n) is 6.09. The van der Waals surface area contributed by atoms with Crippen molar-refractivity contribution in [2.45, 2.75) is 20.8 Å². The molecule has 8 heteroatoms. The van der Waals surface area contributed by atoms with E-state index in [0.717, 1.165) is 5.56 Å². The molecule has 0 saturated heterocycles. The molecule has 0 atom stereocenters. The molecule has 0 spiro atoms. The van der Waals surface area contributed by atoms with E-state index in [1.807, 2.05) is 39.0 Å². The third kappa shape index (κ3) is 5.47. The first-order valence-electron chi connectivity index (χ1n) is 9.32. The fourth-order valence-electron chi connectivity index (χ4n) is 2.58. The van der Waals surface area contributed by atoms with Gasteiger partial charge < -0.3 is 18.6 Å². The molecule has 0 bridgehead atoms. The lowest BCUT2D eigenvalue weighted by molar-refractivity contribution is -0.118. The van der Waals surface area contributed by atoms with Crippen LogP contribution < -0.4 is 19.5 Å². The van der Waals surface area contributed by atoms with Crippen LogP contribution in [0.1, 0.15) is 19.4 Å². The van der Waals surface area contributed by atoms with E-state index in [1.54, 1.807) is 24.3 Å². The number of aromatic nitrogens is 2. The van der Waals surface area contributed by atoms with Gasteiger partial charge in [0.15, 0.2) is 18.1 Å². The van der Waals surface area contributed by atoms with Crippen molar-refractivity contribution in [3.05, 3.63) is 48.0 Å². The van der Waals surface area contributed by atoms with Crippen LogP contribution in [0.5, 0.6) is 17.2 Å². The van der Waals surface area contributed by atoms with Crippen molar-refractivity contribution < 1.29 is 23.4 Å². The summed E-state index contributed by atoms with van der Waals surface area (Å²) in [7, 11) is 0. The Bertz CT molecular complexity index is 970. The molecule has 0 fully saturated rings. The molecule has 1 amide bonds. The van der Waals surface area contributed by atoms with Gasteiger partial charge in [0.2, 0.25) is 5.89 Å². The number of anilines is 1. The zero-order valence-electron chi connectivity index (χ0n) is 16.6. The minimum atomic E-state index is -0.400. The Hall–Kier alpha value is -3.55. The number of benzene rings is 2. The van der Waals surface area contributed by atoms with E-state index in [-0.39, 0.29) is 18.5 Å². The molecule has 0 aliphatic carbocycles. The van der Waals surface area contributed by atoms with E-state index in [4.69, 9.17) is 18.6 Å². The van der Waals surface area contributed by atoms with Gasteiger partial charge in [-0.05, 0) is 56.7 Å². The van der Waals surface area contributed by atoms with Crippen LogP contribution in [0.3, 0.4) is 0 Å². The molecule has 8 nitrogen and oxygen atoms in total. The van der Waals surface area contributed by atoms with Crippen molar-refractivity contribution in [1.82, 2.24) is 10.2 Å². The topological polar surface area (TPSA) is 95.7 Å². The fraction of sp³-hybridized carbons (Fsp3) is 0.286. The van der Waals surface area contributed by atoms with Gasteiger partial charge in [0.25, 0.3) is 5.91 Å². The number of amides is 1. The van der Waals surface area contributed by atoms with Crippen molar-refractivity contribution >= 4 is 11.9 Å². The van der Waals surface area contributed by atoms with Gasteiger partial charge in [-0.2, -0.15) is 0 Å². The van der Waals surface area contributed by atoms with Gasteiger partial charge >= 0.3 is 6.01 Å². The predicted octanol–water partition coefficient (Wildman–Crippen LogP) is 3.86. The number of nitrogens with one attached hydrogen (secondary N) is 1. The van der Waals surface area contributed by atoms with E-state index in [1.165, 1.54) is 0 Å². The first kappa shape index (κ1) is 20.2. The lowest BCUT2D eigenvalue weighted by Crippen LogP contribution is -2.20. The second-order valence-corrected chi connectivity index (χ2v) is 6.09. The van der Waals surface area contributed by atoms with Gasteiger partial charge in [-0.3, -0.25) is 10.1 Å². The van der Waals surface area contributed by atoms with Crippen LogP contribution in [-0.4, -0.2) is 35.9 Å². The second kappa shape index (κ2) is 9.59. The highest BCUT2D eigenvalue weighted by Crippen LogP contribution is 2.32. The number of hydrogen-bond acceptors (Lipinski definition) is 7. The Morgan fingerprint density at radius 1 is 1.00 bits per heavy atom. The zero-order chi connectivity index (χ0) is 20.6. The van der Waals surface area contributed by atoms with Crippen molar-refractivity contribution in [2.24, 2.45) is 0 Å². The van der Waals surface area contributed by atoms with Gasteiger partial charge in [-0.25, -0.2) is 0 Å². The van der Waals surface area contributed by atoms with E-state index in [0.29, 0.717) is 36.0 Å². The summed E-state index contributed by atoms with van der Waals surface area (Å²) in [5.74, 6) is 1.69. The summed E-state index contributed by atoms with van der Waals surface area (Å²) in [6.07, 6.45) is 0. The molecule has 3 rings (SSSR count). The van der Waals surface area contributed by atoms with E-state index >= 15 is 0 Å². The number of nitrogens with zero attached hydrogens (tertiary/aromatic N) is 2. The lowest BCUT2D eigenvalue weighted by Gasteiger charge is -2.11. The zero-order valence-corrected chi connectivity index (χ0v) is 16.6. The Morgan fingerprint density at radius 3 is 2.55 bits per heavy atom. The van der Waals surface area contributed by atoms with Crippen LogP contribution in [0.2, 0.25) is 0 Å². The lowest BCUT2D eigenvalue weighted by atomic mass is 10.2. The highest BCUT2D eigenvalue weighted by Gasteiger charge is 2.14. The first-order chi connectivity index (χ1) is 14.1. The maximum atomic E-state index is 12.1. The van der Waals surface area contributed by atoms with Crippen LogP contribution in [0.4, 0.5) is 6.01 Å². The third-order valence-corrected chi connectivity index (χ3v) is 3.82. The van der Waals surface area contributed by atoms with Gasteiger partial charge in [-0.15, -0.1) is 5.10 Å². The standard InChI is InChI=1S/C21H23N3O5/c1-4-26-17-10-9-15(12-18(17)27-5-2)20-23-24-21(29-20)22-19(25)13-28-16-8-6-7-14(3)11-16/h6-12H,4-5,13H2,1-3H3,(H,22,24,25). The molecule has 152 valence electrons. The summed E-state index contributed by atoms with van der Waals surface area (Å²) >= 11 is 0. The summed E-state index contributed by atoms with van der Waals surface area (Å²) in [5, 5.41) is 10.4. The molecule has 2 aromatic carbocycles. The monoisotopic (exact) mass is 397 g/mol. The average Bonchev–Trinajstić information content (AvgIpc) is 3.16. The number of ether oxygens (including phenoxy) is 3. The summed E-state index contributed by atoms with van der Waals surface area (Å²) < 4.78 is 22.1. The highest BCUT2D eigenvalue weighted by atomic mass is 16.5. The van der Waals surface area contributed by atoms with Crippen LogP contribution in [-0.2, 0) is 4.79 Å². The molecule has 0 unspecified atom stereocenters.